The van der Waals surface area contributed by atoms with Gasteiger partial charge in [-0.15, -0.1) is 0 Å². The van der Waals surface area contributed by atoms with Crippen LogP contribution in [0.3, 0.4) is 0 Å². The minimum Gasteiger partial charge on any atom is -0.392 e. The van der Waals surface area contributed by atoms with Crippen molar-refractivity contribution in [1.82, 2.24) is 10.4 Å². The number of hydroxylamine groups is 1. The fraction of sp³-hybridized carbons (Fsp3) is 0.316. The van der Waals surface area contributed by atoms with Gasteiger partial charge >= 0.3 is 0 Å². The Morgan fingerprint density at radius 1 is 0.723 bits per heavy atom. The van der Waals surface area contributed by atoms with E-state index in [0.717, 1.165) is 29.8 Å². The Kier molecular flexibility index (Phi) is 12.7. The molecule has 3 atom stereocenters. The van der Waals surface area contributed by atoms with Gasteiger partial charge in [-0.3, -0.25) is 19.7 Å². The standard InChI is InChI=1S/C38H43N3O6/c42-27-30-18-20-31(21-19-30)35-23-34(26-41(24-28-10-3-1-4-11-28)25-29-12-5-2-6-13-29)46-38(47-35)32-14-9-15-33(22-32)39-36(43)16-7-8-17-37(44)40-45/h1-6,9-15,18-22,34-35,38,42,45H,7-8,16-17,23-27H2,(H,39,43)(H,40,44)/t34-,35+,38+/m0/s1. The van der Waals surface area contributed by atoms with Crippen molar-refractivity contribution in [2.45, 2.75) is 70.3 Å². The molecule has 0 saturated carbocycles. The lowest BCUT2D eigenvalue weighted by molar-refractivity contribution is -0.253. The van der Waals surface area contributed by atoms with Crippen molar-refractivity contribution in [3.8, 4) is 0 Å². The molecule has 246 valence electrons. The van der Waals surface area contributed by atoms with Gasteiger partial charge in [0.15, 0.2) is 6.29 Å². The molecule has 4 aromatic rings. The number of amides is 2. The zero-order valence-electron chi connectivity index (χ0n) is 26.5. The van der Waals surface area contributed by atoms with E-state index in [1.165, 1.54) is 11.1 Å². The van der Waals surface area contributed by atoms with Crippen LogP contribution in [0.5, 0.6) is 0 Å². The van der Waals surface area contributed by atoms with Crippen LogP contribution in [0.25, 0.3) is 0 Å². The monoisotopic (exact) mass is 637 g/mol. The van der Waals surface area contributed by atoms with Crippen molar-refractivity contribution < 1.29 is 29.4 Å². The summed E-state index contributed by atoms with van der Waals surface area (Å²) in [6, 6.07) is 36.2. The minimum atomic E-state index is -0.666. The molecule has 0 aliphatic carbocycles. The highest BCUT2D eigenvalue weighted by Crippen LogP contribution is 2.39. The molecule has 0 spiro atoms. The Hall–Kier alpha value is -4.38. The summed E-state index contributed by atoms with van der Waals surface area (Å²) >= 11 is 0. The number of benzene rings is 4. The maximum absolute atomic E-state index is 12.6. The van der Waals surface area contributed by atoms with Gasteiger partial charge in [-0.25, -0.2) is 5.48 Å². The average Bonchev–Trinajstić information content (AvgIpc) is 3.11. The second-order valence-corrected chi connectivity index (χ2v) is 11.9. The van der Waals surface area contributed by atoms with E-state index < -0.39 is 12.2 Å². The first kappa shape index (κ1) is 34.0. The van der Waals surface area contributed by atoms with Crippen LogP contribution in [-0.2, 0) is 38.8 Å². The quantitative estimate of drug-likeness (QED) is 0.0674. The summed E-state index contributed by atoms with van der Waals surface area (Å²) in [5.41, 5.74) is 7.33. The van der Waals surface area contributed by atoms with E-state index in [9.17, 15) is 14.7 Å². The van der Waals surface area contributed by atoms with E-state index >= 15 is 0 Å². The summed E-state index contributed by atoms with van der Waals surface area (Å²) in [7, 11) is 0. The first-order chi connectivity index (χ1) is 23.0. The van der Waals surface area contributed by atoms with Crippen LogP contribution in [0.4, 0.5) is 5.69 Å². The van der Waals surface area contributed by atoms with E-state index in [1.54, 1.807) is 5.48 Å². The molecule has 9 nitrogen and oxygen atoms in total. The zero-order valence-corrected chi connectivity index (χ0v) is 26.5. The number of anilines is 1. The Balaban J connectivity index is 1.33. The van der Waals surface area contributed by atoms with E-state index in [1.807, 2.05) is 60.7 Å². The molecule has 4 N–H and O–H groups in total. The minimum absolute atomic E-state index is 0.0232. The van der Waals surface area contributed by atoms with Gasteiger partial charge in [0.25, 0.3) is 0 Å². The lowest BCUT2D eigenvalue weighted by atomic mass is 9.99. The third kappa shape index (κ3) is 10.6. The lowest BCUT2D eigenvalue weighted by Crippen LogP contribution is -2.39. The number of rotatable bonds is 15. The van der Waals surface area contributed by atoms with Gasteiger partial charge in [-0.1, -0.05) is 97.1 Å². The molecular weight excluding hydrogens is 594 g/mol. The van der Waals surface area contributed by atoms with Crippen molar-refractivity contribution in [2.75, 3.05) is 11.9 Å². The number of nitrogens with zero attached hydrogens (tertiary/aromatic N) is 1. The van der Waals surface area contributed by atoms with E-state index in [0.29, 0.717) is 31.5 Å². The summed E-state index contributed by atoms with van der Waals surface area (Å²) in [5, 5.41) is 21.2. The van der Waals surface area contributed by atoms with Crippen molar-refractivity contribution in [2.24, 2.45) is 0 Å². The number of unbranched alkanes of at least 4 members (excludes halogenated alkanes) is 1. The highest BCUT2D eigenvalue weighted by molar-refractivity contribution is 5.90. The number of carbonyl (C=O) groups excluding carboxylic acids is 2. The van der Waals surface area contributed by atoms with Crippen molar-refractivity contribution in [3.05, 3.63) is 137 Å². The van der Waals surface area contributed by atoms with Crippen LogP contribution in [0.1, 0.15) is 72.3 Å². The Morgan fingerprint density at radius 2 is 1.36 bits per heavy atom. The number of hydrogen-bond donors (Lipinski definition) is 4. The largest absolute Gasteiger partial charge is 0.392 e. The Bertz CT molecular complexity index is 1510. The van der Waals surface area contributed by atoms with Gasteiger partial charge in [0.05, 0.1) is 18.8 Å². The molecule has 9 heteroatoms. The molecule has 1 heterocycles. The summed E-state index contributed by atoms with van der Waals surface area (Å²) in [6.07, 6.45) is 1.03. The van der Waals surface area contributed by atoms with Crippen molar-refractivity contribution in [3.63, 3.8) is 0 Å². The third-order valence-electron chi connectivity index (χ3n) is 8.20. The van der Waals surface area contributed by atoms with Crippen LogP contribution in [-0.4, -0.2) is 39.7 Å². The summed E-state index contributed by atoms with van der Waals surface area (Å²) in [5.74, 6) is -0.621. The van der Waals surface area contributed by atoms with E-state index in [4.69, 9.17) is 14.7 Å². The van der Waals surface area contributed by atoms with Crippen LogP contribution >= 0.6 is 0 Å². The van der Waals surface area contributed by atoms with Gasteiger partial charge in [0.2, 0.25) is 11.8 Å². The number of ether oxygens (including phenoxy) is 2. The van der Waals surface area contributed by atoms with Gasteiger partial charge in [-0.05, 0) is 47.2 Å². The van der Waals surface area contributed by atoms with E-state index in [-0.39, 0.29) is 37.6 Å². The predicted molar refractivity (Wildman–Crippen MR) is 179 cm³/mol. The summed E-state index contributed by atoms with van der Waals surface area (Å²) in [6.45, 7) is 2.19. The molecule has 5 rings (SSSR count). The fourth-order valence-electron chi connectivity index (χ4n) is 5.80. The van der Waals surface area contributed by atoms with Gasteiger partial charge < -0.3 is 19.9 Å². The Labute approximate surface area is 276 Å². The topological polar surface area (TPSA) is 120 Å². The smallest absolute Gasteiger partial charge is 0.243 e. The molecule has 47 heavy (non-hydrogen) atoms. The van der Waals surface area contributed by atoms with Gasteiger partial charge in [0.1, 0.15) is 0 Å². The van der Waals surface area contributed by atoms with Crippen LogP contribution in [0.2, 0.25) is 0 Å². The molecule has 0 bridgehead atoms. The molecule has 1 fully saturated rings. The molecule has 1 aliphatic heterocycles. The summed E-state index contributed by atoms with van der Waals surface area (Å²) in [4.78, 5) is 26.3. The molecule has 4 aromatic carbocycles. The predicted octanol–water partition coefficient (Wildman–Crippen LogP) is 6.43. The summed E-state index contributed by atoms with van der Waals surface area (Å²) < 4.78 is 13.3. The SMILES string of the molecule is O=C(CCCCC(=O)Nc1cccc([C@@H]2O[C@H](CN(Cc3ccccc3)Cc3ccccc3)C[C@H](c3ccc(CO)cc3)O2)c1)NO. The van der Waals surface area contributed by atoms with E-state index in [2.05, 4.69) is 58.7 Å². The highest BCUT2D eigenvalue weighted by Gasteiger charge is 2.33. The average molecular weight is 638 g/mol. The molecule has 0 aromatic heterocycles. The van der Waals surface area contributed by atoms with Crippen molar-refractivity contribution >= 4 is 17.5 Å². The van der Waals surface area contributed by atoms with Crippen LogP contribution < -0.4 is 10.8 Å². The number of nitrogens with one attached hydrogen (secondary N) is 2. The van der Waals surface area contributed by atoms with Crippen LogP contribution in [0, 0.1) is 0 Å². The maximum Gasteiger partial charge on any atom is 0.243 e. The zero-order chi connectivity index (χ0) is 32.8. The Morgan fingerprint density at radius 3 is 1.98 bits per heavy atom. The number of hydrogen-bond acceptors (Lipinski definition) is 7. The number of aliphatic hydroxyl groups is 1. The second kappa shape index (κ2) is 17.5. The maximum atomic E-state index is 12.6. The first-order valence-corrected chi connectivity index (χ1v) is 16.1. The molecule has 1 saturated heterocycles. The molecule has 1 aliphatic rings. The van der Waals surface area contributed by atoms with Gasteiger partial charge in [0, 0.05) is 50.1 Å². The molecule has 2 amide bonds. The molecule has 0 radical (unpaired) electrons. The van der Waals surface area contributed by atoms with Crippen molar-refractivity contribution in [1.29, 1.82) is 0 Å². The normalized spacial score (nSPS) is 17.7. The lowest BCUT2D eigenvalue weighted by Gasteiger charge is -2.38. The second-order valence-electron chi connectivity index (χ2n) is 11.9. The first-order valence-electron chi connectivity index (χ1n) is 16.1. The third-order valence-corrected chi connectivity index (χ3v) is 8.20. The number of carbonyl (C=O) groups is 2. The van der Waals surface area contributed by atoms with Gasteiger partial charge in [-0.2, -0.15) is 0 Å². The highest BCUT2D eigenvalue weighted by atomic mass is 16.7. The molecular formula is C38H43N3O6. The number of aliphatic hydroxyl groups excluding tert-OH is 1. The van der Waals surface area contributed by atoms with Crippen LogP contribution in [0.15, 0.2) is 109 Å². The molecule has 0 unspecified atom stereocenters. The fourth-order valence-corrected chi connectivity index (χ4v) is 5.80.